The Morgan fingerprint density at radius 1 is 1.05 bits per heavy atom. The minimum Gasteiger partial charge on any atom is -0.508 e. The summed E-state index contributed by atoms with van der Waals surface area (Å²) in [5.74, 6) is -3.20. The van der Waals surface area contributed by atoms with Crippen LogP contribution in [0.4, 0.5) is 23.4 Å². The average Bonchev–Trinajstić information content (AvgIpc) is 3.49. The number of rotatable bonds is 5. The number of aromatic hydroxyl groups is 1. The van der Waals surface area contributed by atoms with Crippen molar-refractivity contribution in [2.45, 2.75) is 49.9 Å². The van der Waals surface area contributed by atoms with Crippen LogP contribution in [-0.4, -0.2) is 80.7 Å². The highest BCUT2D eigenvalue weighted by Crippen LogP contribution is 2.41. The number of piperidine rings is 1. The van der Waals surface area contributed by atoms with Crippen molar-refractivity contribution in [2.24, 2.45) is 0 Å². The fraction of sp³-hybridized carbons (Fsp3) is 0.433. The summed E-state index contributed by atoms with van der Waals surface area (Å²) in [6.07, 6.45) is 3.12. The van der Waals surface area contributed by atoms with Crippen LogP contribution in [0.25, 0.3) is 32.9 Å². The minimum atomic E-state index is -1.19. The number of phenolic OH excluding ortho intramolecular Hbond substituents is 1. The van der Waals surface area contributed by atoms with Gasteiger partial charge in [-0.15, -0.1) is 0 Å². The minimum absolute atomic E-state index is 0.116. The van der Waals surface area contributed by atoms with Crippen LogP contribution in [0.3, 0.4) is 0 Å². The van der Waals surface area contributed by atoms with E-state index in [2.05, 4.69) is 19.9 Å². The van der Waals surface area contributed by atoms with E-state index >= 15 is 4.39 Å². The van der Waals surface area contributed by atoms with Gasteiger partial charge in [0.2, 0.25) is 0 Å². The topological polar surface area (TPSA) is 94.8 Å². The van der Waals surface area contributed by atoms with Crippen molar-refractivity contribution < 1.29 is 32.5 Å². The Morgan fingerprint density at radius 2 is 1.90 bits per heavy atom. The van der Waals surface area contributed by atoms with Crippen molar-refractivity contribution in [3.8, 4) is 23.0 Å². The molecule has 8 nitrogen and oxygen atoms in total. The third-order valence-corrected chi connectivity index (χ3v) is 8.82. The highest BCUT2D eigenvalue weighted by molar-refractivity contribution is 6.00. The molecule has 2 aromatic carbocycles. The maximum atomic E-state index is 16.4. The summed E-state index contributed by atoms with van der Waals surface area (Å²) >= 11 is 0. The van der Waals surface area contributed by atoms with Crippen molar-refractivity contribution >= 4 is 27.5 Å². The molecule has 3 aliphatic heterocycles. The van der Waals surface area contributed by atoms with E-state index in [0.29, 0.717) is 38.2 Å². The molecular weight excluding hydrogens is 554 g/mol. The van der Waals surface area contributed by atoms with E-state index < -0.39 is 35.3 Å². The lowest BCUT2D eigenvalue weighted by Gasteiger charge is -2.32. The largest absolute Gasteiger partial charge is 0.508 e. The average molecular weight is 584 g/mol. The van der Waals surface area contributed by atoms with Gasteiger partial charge < -0.3 is 19.8 Å². The van der Waals surface area contributed by atoms with Gasteiger partial charge in [0, 0.05) is 43.2 Å². The monoisotopic (exact) mass is 583 g/mol. The molecule has 5 heterocycles. The van der Waals surface area contributed by atoms with Gasteiger partial charge in [-0.2, -0.15) is 9.97 Å². The van der Waals surface area contributed by atoms with Gasteiger partial charge >= 0.3 is 6.01 Å². The summed E-state index contributed by atoms with van der Waals surface area (Å²) < 4.78 is 66.1. The number of ether oxygens (including phenoxy) is 1. The molecule has 3 saturated heterocycles. The number of nitrogens with zero attached hydrogens (tertiary/aromatic N) is 5. The zero-order chi connectivity index (χ0) is 29.2. The van der Waals surface area contributed by atoms with Gasteiger partial charge in [0.25, 0.3) is 0 Å². The highest BCUT2D eigenvalue weighted by atomic mass is 19.2. The number of phenols is 1. The van der Waals surface area contributed by atoms with E-state index in [0.717, 1.165) is 31.5 Å². The van der Waals surface area contributed by atoms with Gasteiger partial charge in [-0.05, 0) is 55.8 Å². The molecule has 0 amide bonds. The number of aliphatic hydroxyl groups excluding tert-OH is 1. The third-order valence-electron chi connectivity index (χ3n) is 8.82. The number of hydrogen-bond donors (Lipinski definition) is 2. The Morgan fingerprint density at radius 3 is 2.74 bits per heavy atom. The number of β-amino-alcohol motifs (C(OH)–C–C–N with tert-alkyl or cyclic N) is 1. The van der Waals surface area contributed by atoms with Crippen molar-refractivity contribution in [3.05, 3.63) is 47.9 Å². The maximum absolute atomic E-state index is 16.4. The molecule has 7 rings (SSSR count). The molecule has 0 saturated carbocycles. The molecular formula is C30H29F4N5O3. The number of benzene rings is 2. The van der Waals surface area contributed by atoms with Gasteiger partial charge in [-0.25, -0.2) is 17.6 Å². The van der Waals surface area contributed by atoms with Gasteiger partial charge in [0.05, 0.1) is 17.0 Å². The molecule has 0 unspecified atom stereocenters. The van der Waals surface area contributed by atoms with Crippen LogP contribution in [0.2, 0.25) is 0 Å². The lowest BCUT2D eigenvalue weighted by Crippen LogP contribution is -2.43. The first-order chi connectivity index (χ1) is 20.2. The maximum Gasteiger partial charge on any atom is 0.319 e. The van der Waals surface area contributed by atoms with E-state index in [-0.39, 0.29) is 57.8 Å². The molecule has 4 aromatic rings. The first-order valence-electron chi connectivity index (χ1n) is 14.1. The molecule has 2 N–H and O–H groups in total. The summed E-state index contributed by atoms with van der Waals surface area (Å²) in [7, 11) is 0. The Balaban J connectivity index is 1.37. The SMILES string of the molecule is Oc1cc(-c2ncc3c(N4CCC[C@@H](O)C4)nc(OC[C@@]45CCCN4C[C@H](F)C5)nc3c2F)c2c(F)c(F)ccc2c1. The smallest absolute Gasteiger partial charge is 0.319 e. The molecule has 12 heteroatoms. The van der Waals surface area contributed by atoms with E-state index in [1.165, 1.54) is 18.3 Å². The molecule has 2 aromatic heterocycles. The number of anilines is 1. The number of pyridine rings is 1. The van der Waals surface area contributed by atoms with Gasteiger partial charge in [-0.3, -0.25) is 9.88 Å². The van der Waals surface area contributed by atoms with Crippen LogP contribution in [-0.2, 0) is 0 Å². The quantitative estimate of drug-likeness (QED) is 0.321. The van der Waals surface area contributed by atoms with Crippen LogP contribution in [0.5, 0.6) is 11.8 Å². The zero-order valence-electron chi connectivity index (χ0n) is 22.7. The van der Waals surface area contributed by atoms with E-state index in [9.17, 15) is 23.4 Å². The lowest BCUT2D eigenvalue weighted by molar-refractivity contribution is 0.107. The number of hydrogen-bond acceptors (Lipinski definition) is 8. The fourth-order valence-electron chi connectivity index (χ4n) is 6.88. The summed E-state index contributed by atoms with van der Waals surface area (Å²) in [5.41, 5.74) is -1.12. The van der Waals surface area contributed by atoms with Crippen LogP contribution < -0.4 is 9.64 Å². The molecule has 0 bridgehead atoms. The Bertz CT molecular complexity index is 1710. The van der Waals surface area contributed by atoms with Crippen LogP contribution >= 0.6 is 0 Å². The van der Waals surface area contributed by atoms with Crippen LogP contribution in [0.1, 0.15) is 32.1 Å². The number of fused-ring (bicyclic) bond motifs is 3. The second kappa shape index (κ2) is 10.2. The molecule has 0 radical (unpaired) electrons. The van der Waals surface area contributed by atoms with Crippen LogP contribution in [0.15, 0.2) is 30.5 Å². The predicted molar refractivity (Wildman–Crippen MR) is 148 cm³/mol. The molecule has 3 fully saturated rings. The summed E-state index contributed by atoms with van der Waals surface area (Å²) in [5, 5.41) is 20.8. The standard InChI is InChI=1S/C30H29F4N5O3/c31-17-11-30(6-2-8-39(30)13-17)15-42-29-36-27-21(28(37-29)38-7-1-3-18(40)14-38)12-35-26(25(27)34)20-10-19(41)9-16-4-5-22(32)24(33)23(16)20/h4-5,9-10,12,17-18,40-41H,1-3,6-8,11,13-15H2/t17-,18-,30+/m1/s1. The first-order valence-corrected chi connectivity index (χ1v) is 14.1. The fourth-order valence-corrected chi connectivity index (χ4v) is 6.88. The molecule has 0 spiro atoms. The highest BCUT2D eigenvalue weighted by Gasteiger charge is 2.49. The molecule has 42 heavy (non-hydrogen) atoms. The van der Waals surface area contributed by atoms with E-state index in [1.807, 2.05) is 4.90 Å². The summed E-state index contributed by atoms with van der Waals surface area (Å²) in [6.45, 7) is 2.06. The second-order valence-corrected chi connectivity index (χ2v) is 11.6. The molecule has 220 valence electrons. The molecule has 3 atom stereocenters. The normalized spacial score (nSPS) is 24.5. The van der Waals surface area contributed by atoms with Crippen molar-refractivity contribution in [1.82, 2.24) is 19.9 Å². The number of alkyl halides is 1. The van der Waals surface area contributed by atoms with E-state index in [1.54, 1.807) is 0 Å². The summed E-state index contributed by atoms with van der Waals surface area (Å²) in [4.78, 5) is 17.2. The van der Waals surface area contributed by atoms with Crippen molar-refractivity contribution in [3.63, 3.8) is 0 Å². The second-order valence-electron chi connectivity index (χ2n) is 11.6. The summed E-state index contributed by atoms with van der Waals surface area (Å²) in [6, 6.07) is 4.49. The Kier molecular flexibility index (Phi) is 6.58. The molecule has 0 aliphatic carbocycles. The van der Waals surface area contributed by atoms with Gasteiger partial charge in [-0.1, -0.05) is 6.07 Å². The van der Waals surface area contributed by atoms with Gasteiger partial charge in [0.1, 0.15) is 35.6 Å². The predicted octanol–water partition coefficient (Wildman–Crippen LogP) is 4.88. The van der Waals surface area contributed by atoms with Crippen LogP contribution in [0, 0.1) is 17.5 Å². The van der Waals surface area contributed by atoms with Crippen molar-refractivity contribution in [1.29, 1.82) is 0 Å². The van der Waals surface area contributed by atoms with Crippen molar-refractivity contribution in [2.75, 3.05) is 37.7 Å². The third kappa shape index (κ3) is 4.48. The zero-order valence-corrected chi connectivity index (χ0v) is 22.7. The Labute approximate surface area is 238 Å². The first kappa shape index (κ1) is 27.1. The van der Waals surface area contributed by atoms with E-state index in [4.69, 9.17) is 4.74 Å². The molecule has 3 aliphatic rings. The number of halogens is 4. The Hall–Kier alpha value is -3.77. The number of aromatic nitrogens is 3. The number of aliphatic hydroxyl groups is 1. The van der Waals surface area contributed by atoms with Gasteiger partial charge in [0.15, 0.2) is 17.5 Å². The lowest BCUT2D eigenvalue weighted by atomic mass is 9.95.